The Bertz CT molecular complexity index is 208. The molecule has 0 amide bonds. The number of aliphatic hydroxyl groups excluding tert-OH is 1. The summed E-state index contributed by atoms with van der Waals surface area (Å²) in [5.41, 5.74) is 1.00. The lowest BCUT2D eigenvalue weighted by atomic mass is 10.00. The van der Waals surface area contributed by atoms with Crippen molar-refractivity contribution in [3.05, 3.63) is 35.9 Å². The van der Waals surface area contributed by atoms with Crippen LogP contribution in [0.1, 0.15) is 25.5 Å². The topological polar surface area (TPSA) is 55.2 Å². The first kappa shape index (κ1) is 11.1. The van der Waals surface area contributed by atoms with Gasteiger partial charge in [-0.25, -0.2) is 0 Å². The van der Waals surface area contributed by atoms with Crippen LogP contribution in [-0.2, 0) is 0 Å². The van der Waals surface area contributed by atoms with Crippen LogP contribution in [0.3, 0.4) is 0 Å². The summed E-state index contributed by atoms with van der Waals surface area (Å²) in [6, 6.07) is 9.74. The summed E-state index contributed by atoms with van der Waals surface area (Å²) in [7, 11) is 0. The normalized spacial score (nSPS) is 12.3. The predicted molar refractivity (Wildman–Crippen MR) is 51.3 cm³/mol. The molecule has 1 aromatic rings. The average molecular weight is 167 g/mol. The standard InChI is InChI=1S/C10H14O.H3N/c1-8(2)10(11)9-6-4-3-5-7-9;/h3-8,10-11H,1-2H3;1H3. The number of aliphatic hydroxyl groups is 1. The second-order valence-electron chi connectivity index (χ2n) is 3.10. The molecule has 2 nitrogen and oxygen atoms in total. The van der Waals surface area contributed by atoms with Crippen LogP contribution in [0.2, 0.25) is 0 Å². The van der Waals surface area contributed by atoms with Crippen LogP contribution < -0.4 is 6.15 Å². The van der Waals surface area contributed by atoms with Crippen molar-refractivity contribution >= 4 is 0 Å². The zero-order valence-corrected chi connectivity index (χ0v) is 7.70. The second kappa shape index (κ2) is 4.91. The largest absolute Gasteiger partial charge is 0.388 e. The van der Waals surface area contributed by atoms with Crippen molar-refractivity contribution in [3.63, 3.8) is 0 Å². The van der Waals surface area contributed by atoms with Crippen molar-refractivity contribution in [1.29, 1.82) is 0 Å². The molecule has 0 aromatic heterocycles. The van der Waals surface area contributed by atoms with Gasteiger partial charge in [0.1, 0.15) is 0 Å². The molecule has 0 saturated carbocycles. The van der Waals surface area contributed by atoms with Crippen LogP contribution in [-0.4, -0.2) is 5.11 Å². The van der Waals surface area contributed by atoms with E-state index in [1.165, 1.54) is 0 Å². The fraction of sp³-hybridized carbons (Fsp3) is 0.400. The zero-order chi connectivity index (χ0) is 8.27. The van der Waals surface area contributed by atoms with Gasteiger partial charge in [0.2, 0.25) is 0 Å². The Labute approximate surface area is 73.8 Å². The second-order valence-corrected chi connectivity index (χ2v) is 3.10. The van der Waals surface area contributed by atoms with Crippen molar-refractivity contribution in [1.82, 2.24) is 6.15 Å². The zero-order valence-electron chi connectivity index (χ0n) is 7.70. The van der Waals surface area contributed by atoms with E-state index < -0.39 is 0 Å². The van der Waals surface area contributed by atoms with Crippen LogP contribution >= 0.6 is 0 Å². The molecule has 1 rings (SSSR count). The highest BCUT2D eigenvalue weighted by molar-refractivity contribution is 5.17. The van der Waals surface area contributed by atoms with Gasteiger partial charge < -0.3 is 11.3 Å². The predicted octanol–water partition coefficient (Wildman–Crippen LogP) is 2.54. The third-order valence-electron chi connectivity index (χ3n) is 1.77. The maximum Gasteiger partial charge on any atom is 0.0812 e. The highest BCUT2D eigenvalue weighted by Gasteiger charge is 2.09. The van der Waals surface area contributed by atoms with Gasteiger partial charge in [0, 0.05) is 0 Å². The molecule has 68 valence electrons. The molecule has 0 aliphatic rings. The van der Waals surface area contributed by atoms with Gasteiger partial charge in [0.25, 0.3) is 0 Å². The minimum Gasteiger partial charge on any atom is -0.388 e. The van der Waals surface area contributed by atoms with Gasteiger partial charge in [-0.1, -0.05) is 44.2 Å². The van der Waals surface area contributed by atoms with E-state index in [4.69, 9.17) is 0 Å². The van der Waals surface area contributed by atoms with Gasteiger partial charge in [-0.2, -0.15) is 0 Å². The lowest BCUT2D eigenvalue weighted by Crippen LogP contribution is -2.04. The smallest absolute Gasteiger partial charge is 0.0812 e. The molecule has 0 aliphatic heterocycles. The van der Waals surface area contributed by atoms with E-state index >= 15 is 0 Å². The Morgan fingerprint density at radius 1 is 1.08 bits per heavy atom. The fourth-order valence-electron chi connectivity index (χ4n) is 1.04. The van der Waals surface area contributed by atoms with E-state index in [9.17, 15) is 5.11 Å². The monoisotopic (exact) mass is 167 g/mol. The first-order valence-electron chi connectivity index (χ1n) is 3.95. The van der Waals surface area contributed by atoms with Gasteiger partial charge in [-0.05, 0) is 11.5 Å². The molecular formula is C10H17NO. The van der Waals surface area contributed by atoms with Gasteiger partial charge in [-0.15, -0.1) is 0 Å². The Hall–Kier alpha value is -0.860. The molecule has 1 atom stereocenters. The van der Waals surface area contributed by atoms with Crippen LogP contribution in [0.25, 0.3) is 0 Å². The van der Waals surface area contributed by atoms with Crippen LogP contribution in [0.4, 0.5) is 0 Å². The van der Waals surface area contributed by atoms with E-state index in [2.05, 4.69) is 0 Å². The Balaban J connectivity index is 0.00000121. The molecule has 1 unspecified atom stereocenters. The van der Waals surface area contributed by atoms with Gasteiger partial charge in [0.05, 0.1) is 6.10 Å². The minimum absolute atomic E-state index is 0. The summed E-state index contributed by atoms with van der Waals surface area (Å²) in [6.07, 6.45) is -0.323. The molecule has 12 heavy (non-hydrogen) atoms. The molecule has 0 heterocycles. The Kier molecular flexibility index (Phi) is 4.55. The Morgan fingerprint density at radius 3 is 2.00 bits per heavy atom. The van der Waals surface area contributed by atoms with E-state index in [0.29, 0.717) is 0 Å². The van der Waals surface area contributed by atoms with Crippen LogP contribution in [0, 0.1) is 5.92 Å². The summed E-state index contributed by atoms with van der Waals surface area (Å²) in [6.45, 7) is 4.02. The maximum absolute atomic E-state index is 9.60. The molecule has 0 saturated heterocycles. The molecule has 1 aromatic carbocycles. The molecule has 2 heteroatoms. The van der Waals surface area contributed by atoms with Gasteiger partial charge in [0.15, 0.2) is 0 Å². The molecular weight excluding hydrogens is 150 g/mol. The number of benzene rings is 1. The van der Waals surface area contributed by atoms with Crippen molar-refractivity contribution in [2.75, 3.05) is 0 Å². The summed E-state index contributed by atoms with van der Waals surface area (Å²) in [4.78, 5) is 0. The highest BCUT2D eigenvalue weighted by atomic mass is 16.3. The van der Waals surface area contributed by atoms with Crippen LogP contribution in [0.15, 0.2) is 30.3 Å². The first-order valence-corrected chi connectivity index (χ1v) is 3.95. The third kappa shape index (κ3) is 2.64. The fourth-order valence-corrected chi connectivity index (χ4v) is 1.04. The average Bonchev–Trinajstić information content (AvgIpc) is 2.05. The van der Waals surface area contributed by atoms with E-state index in [1.54, 1.807) is 0 Å². The van der Waals surface area contributed by atoms with Gasteiger partial charge in [-0.3, -0.25) is 0 Å². The summed E-state index contributed by atoms with van der Waals surface area (Å²) < 4.78 is 0. The molecule has 0 radical (unpaired) electrons. The maximum atomic E-state index is 9.60. The summed E-state index contributed by atoms with van der Waals surface area (Å²) >= 11 is 0. The summed E-state index contributed by atoms with van der Waals surface area (Å²) in [5, 5.41) is 9.60. The molecule has 4 N–H and O–H groups in total. The minimum atomic E-state index is -0.323. The Morgan fingerprint density at radius 2 is 1.58 bits per heavy atom. The summed E-state index contributed by atoms with van der Waals surface area (Å²) in [5.74, 6) is 0.289. The number of hydrogen-bond donors (Lipinski definition) is 2. The van der Waals surface area contributed by atoms with Crippen molar-refractivity contribution in [3.8, 4) is 0 Å². The quantitative estimate of drug-likeness (QED) is 0.711. The van der Waals surface area contributed by atoms with Crippen molar-refractivity contribution in [2.24, 2.45) is 5.92 Å². The SMILES string of the molecule is CC(C)C(O)c1ccccc1.N. The van der Waals surface area contributed by atoms with Crippen LogP contribution in [0.5, 0.6) is 0 Å². The van der Waals surface area contributed by atoms with Crippen molar-refractivity contribution < 1.29 is 5.11 Å². The van der Waals surface area contributed by atoms with E-state index in [0.717, 1.165) is 5.56 Å². The van der Waals surface area contributed by atoms with E-state index in [1.807, 2.05) is 44.2 Å². The number of rotatable bonds is 2. The molecule has 0 aliphatic carbocycles. The number of hydrogen-bond acceptors (Lipinski definition) is 2. The molecule has 0 fully saturated rings. The van der Waals surface area contributed by atoms with Crippen molar-refractivity contribution in [2.45, 2.75) is 20.0 Å². The highest BCUT2D eigenvalue weighted by Crippen LogP contribution is 2.19. The molecule has 0 spiro atoms. The lowest BCUT2D eigenvalue weighted by molar-refractivity contribution is 0.127. The lowest BCUT2D eigenvalue weighted by Gasteiger charge is -2.13. The third-order valence-corrected chi connectivity index (χ3v) is 1.77. The van der Waals surface area contributed by atoms with Gasteiger partial charge >= 0.3 is 0 Å². The molecule has 0 bridgehead atoms. The first-order chi connectivity index (χ1) is 5.22. The van der Waals surface area contributed by atoms with E-state index in [-0.39, 0.29) is 18.2 Å².